The van der Waals surface area contributed by atoms with Gasteiger partial charge in [0.25, 0.3) is 5.91 Å². The van der Waals surface area contributed by atoms with E-state index in [1.165, 1.54) is 17.0 Å². The van der Waals surface area contributed by atoms with E-state index in [4.69, 9.17) is 4.74 Å². The third-order valence-corrected chi connectivity index (χ3v) is 6.28. The maximum atomic E-state index is 13.8. The molecule has 36 heavy (non-hydrogen) atoms. The van der Waals surface area contributed by atoms with Crippen LogP contribution in [0.2, 0.25) is 0 Å². The summed E-state index contributed by atoms with van der Waals surface area (Å²) >= 11 is 0. The summed E-state index contributed by atoms with van der Waals surface area (Å²) in [6.45, 7) is 3.09. The number of aryl methyl sites for hydroxylation is 1. The highest BCUT2D eigenvalue weighted by molar-refractivity contribution is 6.02. The minimum atomic E-state index is -4.68. The van der Waals surface area contributed by atoms with Gasteiger partial charge in [0.05, 0.1) is 23.8 Å². The number of anilines is 1. The lowest BCUT2D eigenvalue weighted by Crippen LogP contribution is -2.53. The molecule has 0 unspecified atom stereocenters. The summed E-state index contributed by atoms with van der Waals surface area (Å²) in [6.07, 6.45) is -4.68. The molecule has 1 heterocycles. The highest BCUT2D eigenvalue weighted by Crippen LogP contribution is 2.43. The summed E-state index contributed by atoms with van der Waals surface area (Å²) in [5.41, 5.74) is 0.726. The molecule has 6 nitrogen and oxygen atoms in total. The van der Waals surface area contributed by atoms with Gasteiger partial charge in [0.1, 0.15) is 12.6 Å². The predicted molar refractivity (Wildman–Crippen MR) is 135 cm³/mol. The summed E-state index contributed by atoms with van der Waals surface area (Å²) in [5.74, 6) is -1.44. The minimum absolute atomic E-state index is 0. The zero-order valence-electron chi connectivity index (χ0n) is 20.0. The zero-order valence-corrected chi connectivity index (χ0v) is 20.8. The molecule has 0 aromatic heterocycles. The number of likely N-dealkylation sites (N-methyl/N-ethyl adjacent to an activating group) is 1. The largest absolute Gasteiger partial charge is 0.488 e. The number of fused-ring (bicyclic) bond motifs is 2. The number of hydrogen-bond donors (Lipinski definition) is 2. The van der Waals surface area contributed by atoms with Gasteiger partial charge >= 0.3 is 6.18 Å². The number of halogens is 4. The Bertz CT molecular complexity index is 1280. The van der Waals surface area contributed by atoms with Crippen molar-refractivity contribution in [1.82, 2.24) is 10.6 Å². The van der Waals surface area contributed by atoms with Gasteiger partial charge in [-0.15, -0.1) is 12.4 Å². The molecule has 0 aliphatic carbocycles. The first kappa shape index (κ1) is 27.3. The predicted octanol–water partition coefficient (Wildman–Crippen LogP) is 4.61. The highest BCUT2D eigenvalue weighted by Gasteiger charge is 2.40. The van der Waals surface area contributed by atoms with Gasteiger partial charge in [-0.2, -0.15) is 13.2 Å². The van der Waals surface area contributed by atoms with E-state index in [1.54, 1.807) is 14.0 Å². The molecule has 10 heteroatoms. The van der Waals surface area contributed by atoms with Gasteiger partial charge in [-0.1, -0.05) is 42.5 Å². The number of benzene rings is 3. The third-order valence-electron chi connectivity index (χ3n) is 6.28. The lowest BCUT2D eigenvalue weighted by molar-refractivity contribution is -0.139. The number of hydrogen-bond acceptors (Lipinski definition) is 4. The zero-order chi connectivity index (χ0) is 25.3. The average Bonchev–Trinajstić information content (AvgIpc) is 2.96. The molecule has 0 spiro atoms. The minimum Gasteiger partial charge on any atom is -0.488 e. The van der Waals surface area contributed by atoms with Gasteiger partial charge in [0.2, 0.25) is 5.91 Å². The molecule has 2 amide bonds. The Morgan fingerprint density at radius 2 is 1.86 bits per heavy atom. The molecule has 2 atom stereocenters. The van der Waals surface area contributed by atoms with E-state index in [2.05, 4.69) is 10.6 Å². The number of nitrogens with zero attached hydrogens (tertiary/aromatic N) is 1. The molecule has 3 aromatic rings. The van der Waals surface area contributed by atoms with Crippen molar-refractivity contribution in [1.29, 1.82) is 0 Å². The van der Waals surface area contributed by atoms with Crippen LogP contribution in [0.1, 0.15) is 23.6 Å². The SMILES string of the molecule is CN[C@@H](C)C(=O)N[C@H]1COc2c(cccc2C(F)(F)F)N(Cc2c(C)ccc3ccccc23)C1=O.Cl. The van der Waals surface area contributed by atoms with Crippen LogP contribution in [0.5, 0.6) is 5.75 Å². The number of rotatable bonds is 5. The van der Waals surface area contributed by atoms with Crippen molar-refractivity contribution >= 4 is 40.7 Å². The maximum absolute atomic E-state index is 13.8. The van der Waals surface area contributed by atoms with Gasteiger partial charge in [-0.05, 0) is 54.9 Å². The topological polar surface area (TPSA) is 70.7 Å². The molecule has 1 aliphatic heterocycles. The molecule has 0 fully saturated rings. The molecule has 2 N–H and O–H groups in total. The fourth-order valence-electron chi connectivity index (χ4n) is 4.16. The Morgan fingerprint density at radius 1 is 1.14 bits per heavy atom. The molecule has 192 valence electrons. The molecule has 0 saturated carbocycles. The first-order valence-corrected chi connectivity index (χ1v) is 11.2. The first-order valence-electron chi connectivity index (χ1n) is 11.2. The van der Waals surface area contributed by atoms with E-state index in [9.17, 15) is 22.8 Å². The van der Waals surface area contributed by atoms with Crippen LogP contribution in [-0.4, -0.2) is 37.6 Å². The van der Waals surface area contributed by atoms with Crippen molar-refractivity contribution in [3.05, 3.63) is 71.3 Å². The van der Waals surface area contributed by atoms with Gasteiger partial charge in [0.15, 0.2) is 5.75 Å². The van der Waals surface area contributed by atoms with Gasteiger partial charge in [0, 0.05) is 0 Å². The van der Waals surface area contributed by atoms with Crippen LogP contribution in [0.3, 0.4) is 0 Å². The lowest BCUT2D eigenvalue weighted by atomic mass is 9.98. The second kappa shape index (κ2) is 10.8. The van der Waals surface area contributed by atoms with E-state index in [0.717, 1.165) is 28.0 Å². The Labute approximate surface area is 213 Å². The summed E-state index contributed by atoms with van der Waals surface area (Å²) in [7, 11) is 1.59. The Hall–Kier alpha value is -3.30. The normalized spacial score (nSPS) is 16.4. The highest BCUT2D eigenvalue weighted by atomic mass is 35.5. The summed E-state index contributed by atoms with van der Waals surface area (Å²) in [5, 5.41) is 7.24. The summed E-state index contributed by atoms with van der Waals surface area (Å²) in [6, 6.07) is 13.3. The third kappa shape index (κ3) is 5.27. The molecule has 1 aliphatic rings. The number of alkyl halides is 3. The van der Waals surface area contributed by atoms with Crippen LogP contribution in [0, 0.1) is 6.92 Å². The van der Waals surface area contributed by atoms with Gasteiger partial charge < -0.3 is 20.3 Å². The van der Waals surface area contributed by atoms with E-state index in [0.29, 0.717) is 0 Å². The quantitative estimate of drug-likeness (QED) is 0.514. The van der Waals surface area contributed by atoms with Crippen LogP contribution in [0.25, 0.3) is 10.8 Å². The van der Waals surface area contributed by atoms with Crippen LogP contribution in [0.15, 0.2) is 54.6 Å². The second-order valence-electron chi connectivity index (χ2n) is 8.54. The van der Waals surface area contributed by atoms with Crippen LogP contribution >= 0.6 is 12.4 Å². The average molecular weight is 522 g/mol. The molecular formula is C26H27ClF3N3O3. The molecule has 3 aromatic carbocycles. The Morgan fingerprint density at radius 3 is 2.56 bits per heavy atom. The fraction of sp³-hybridized carbons (Fsp3) is 0.308. The van der Waals surface area contributed by atoms with Crippen LogP contribution in [0.4, 0.5) is 18.9 Å². The van der Waals surface area contributed by atoms with Crippen molar-refractivity contribution in [3.63, 3.8) is 0 Å². The van der Waals surface area contributed by atoms with Crippen molar-refractivity contribution in [2.75, 3.05) is 18.6 Å². The van der Waals surface area contributed by atoms with E-state index < -0.39 is 48.0 Å². The summed E-state index contributed by atoms with van der Waals surface area (Å²) < 4.78 is 47.1. The number of para-hydroxylation sites is 1. The molecule has 0 bridgehead atoms. The van der Waals surface area contributed by atoms with E-state index in [1.807, 2.05) is 43.3 Å². The summed E-state index contributed by atoms with van der Waals surface area (Å²) in [4.78, 5) is 27.5. The second-order valence-corrected chi connectivity index (χ2v) is 8.54. The lowest BCUT2D eigenvalue weighted by Gasteiger charge is -2.27. The van der Waals surface area contributed by atoms with Gasteiger partial charge in [-0.25, -0.2) is 0 Å². The van der Waals surface area contributed by atoms with E-state index >= 15 is 0 Å². The van der Waals surface area contributed by atoms with Crippen molar-refractivity contribution in [3.8, 4) is 5.75 Å². The smallest absolute Gasteiger partial charge is 0.420 e. The standard InChI is InChI=1S/C26H26F3N3O3.ClH/c1-15-11-12-17-7-4-5-8-18(17)19(15)13-32-22-10-6-9-20(26(27,28)29)23(22)35-14-21(25(32)34)31-24(33)16(2)30-3;/h4-12,16,21,30H,13-14H2,1-3H3,(H,31,33);1H/t16-,21-;/m0./s1. The van der Waals surface area contributed by atoms with Crippen LogP contribution in [-0.2, 0) is 22.3 Å². The Kier molecular flexibility index (Phi) is 8.15. The monoisotopic (exact) mass is 521 g/mol. The van der Waals surface area contributed by atoms with E-state index in [-0.39, 0.29) is 24.6 Å². The van der Waals surface area contributed by atoms with Crippen molar-refractivity contribution < 1.29 is 27.5 Å². The first-order chi connectivity index (χ1) is 16.6. The number of carbonyl (C=O) groups is 2. The van der Waals surface area contributed by atoms with Crippen molar-refractivity contribution in [2.24, 2.45) is 0 Å². The number of amides is 2. The molecule has 0 radical (unpaired) electrons. The molecule has 4 rings (SSSR count). The maximum Gasteiger partial charge on any atom is 0.420 e. The molecule has 0 saturated heterocycles. The van der Waals surface area contributed by atoms with Crippen LogP contribution < -0.4 is 20.3 Å². The number of carbonyl (C=O) groups excluding carboxylic acids is 2. The van der Waals surface area contributed by atoms with Crippen molar-refractivity contribution in [2.45, 2.75) is 38.7 Å². The number of nitrogens with one attached hydrogen (secondary N) is 2. The fourth-order valence-corrected chi connectivity index (χ4v) is 4.16. The molecular weight excluding hydrogens is 495 g/mol. The number of ether oxygens (including phenoxy) is 1. The van der Waals surface area contributed by atoms with Gasteiger partial charge in [-0.3, -0.25) is 9.59 Å². The Balaban J connectivity index is 0.00000361.